The van der Waals surface area contributed by atoms with E-state index in [1.807, 2.05) is 6.92 Å². The van der Waals surface area contributed by atoms with Gasteiger partial charge in [0, 0.05) is 5.56 Å². The number of methoxy groups -OCH3 is 1. The largest absolute Gasteiger partial charge is 0.465 e. The van der Waals surface area contributed by atoms with Crippen LogP contribution in [0, 0.1) is 11.3 Å². The minimum absolute atomic E-state index is 0.0348. The van der Waals surface area contributed by atoms with Crippen LogP contribution in [0.2, 0.25) is 0 Å². The number of anilines is 1. The van der Waals surface area contributed by atoms with Crippen molar-refractivity contribution in [3.05, 3.63) is 83.7 Å². The van der Waals surface area contributed by atoms with Gasteiger partial charge in [-0.1, -0.05) is 31.2 Å². The number of nitriles is 1. The van der Waals surface area contributed by atoms with Gasteiger partial charge in [0.25, 0.3) is 10.0 Å². The number of hydrogen-bond acceptors (Lipinski definition) is 8. The summed E-state index contributed by atoms with van der Waals surface area (Å²) in [7, 11) is -2.91. The van der Waals surface area contributed by atoms with Gasteiger partial charge in [-0.3, -0.25) is 4.72 Å². The lowest BCUT2D eigenvalue weighted by Gasteiger charge is -2.17. The van der Waals surface area contributed by atoms with Crippen molar-refractivity contribution in [2.45, 2.75) is 18.2 Å². The quantitative estimate of drug-likeness (QED) is 0.391. The van der Waals surface area contributed by atoms with Crippen molar-refractivity contribution >= 4 is 21.7 Å². The predicted molar refractivity (Wildman–Crippen MR) is 127 cm³/mol. The maximum Gasteiger partial charge on any atom is 0.337 e. The lowest BCUT2D eigenvalue weighted by Crippen LogP contribution is -2.17. The molecule has 4 aromatic rings. The molecule has 0 spiro atoms. The monoisotopic (exact) mass is 488 g/mol. The highest BCUT2D eigenvalue weighted by atomic mass is 32.2. The number of hydrogen-bond donors (Lipinski definition) is 1. The fourth-order valence-corrected chi connectivity index (χ4v) is 5.00. The van der Waals surface area contributed by atoms with Crippen LogP contribution in [-0.2, 0) is 21.2 Å². The smallest absolute Gasteiger partial charge is 0.337 e. The molecule has 0 radical (unpaired) electrons. The lowest BCUT2D eigenvalue weighted by atomic mass is 10.0. The van der Waals surface area contributed by atoms with Crippen LogP contribution in [0.1, 0.15) is 28.4 Å². The first-order chi connectivity index (χ1) is 16.9. The first-order valence-electron chi connectivity index (χ1n) is 10.5. The van der Waals surface area contributed by atoms with Crippen molar-refractivity contribution < 1.29 is 17.9 Å². The van der Waals surface area contributed by atoms with Crippen molar-refractivity contribution in [2.24, 2.45) is 0 Å². The maximum absolute atomic E-state index is 13.6. The van der Waals surface area contributed by atoms with Crippen molar-refractivity contribution in [1.82, 2.24) is 20.2 Å². The Bertz CT molecular complexity index is 1540. The number of aromatic nitrogens is 4. The Labute approximate surface area is 201 Å². The Morgan fingerprint density at radius 1 is 1.14 bits per heavy atom. The molecule has 0 fully saturated rings. The van der Waals surface area contributed by atoms with E-state index in [2.05, 4.69) is 26.3 Å². The first kappa shape index (κ1) is 23.6. The van der Waals surface area contributed by atoms with Crippen molar-refractivity contribution in [3.8, 4) is 22.9 Å². The van der Waals surface area contributed by atoms with Crippen molar-refractivity contribution in [3.63, 3.8) is 0 Å². The molecule has 4 rings (SSSR count). The molecule has 1 heterocycles. The molecule has 0 saturated heterocycles. The molecule has 0 saturated carbocycles. The third kappa shape index (κ3) is 4.87. The second kappa shape index (κ2) is 9.74. The van der Waals surface area contributed by atoms with E-state index in [0.29, 0.717) is 34.4 Å². The molecular formula is C24H20N6O4S. The number of aryl methyl sites for hydroxylation is 1. The molecule has 10 nitrogen and oxygen atoms in total. The molecule has 1 aromatic heterocycles. The summed E-state index contributed by atoms with van der Waals surface area (Å²) >= 11 is 0. The van der Waals surface area contributed by atoms with E-state index in [4.69, 9.17) is 4.74 Å². The average Bonchev–Trinajstić information content (AvgIpc) is 3.43. The molecule has 35 heavy (non-hydrogen) atoms. The SMILES string of the molecule is CCc1ccc(C(=O)OC)cc1S(=O)(=O)Nc1cc(-n2cnnn2)ccc1-c1cccc(C#N)c1. The number of tetrazole rings is 1. The predicted octanol–water partition coefficient (Wildman–Crippen LogP) is 3.35. The van der Waals surface area contributed by atoms with E-state index in [9.17, 15) is 18.5 Å². The minimum atomic E-state index is -4.14. The molecular weight excluding hydrogens is 468 g/mol. The van der Waals surface area contributed by atoms with Gasteiger partial charge in [0.15, 0.2) is 0 Å². The fourth-order valence-electron chi connectivity index (χ4n) is 3.59. The maximum atomic E-state index is 13.6. The number of carbonyl (C=O) groups is 1. The molecule has 0 aliphatic rings. The topological polar surface area (TPSA) is 140 Å². The summed E-state index contributed by atoms with van der Waals surface area (Å²) < 4.78 is 36.0. The standard InChI is InChI=1S/C24H20N6O4S/c1-3-17-7-8-19(24(31)34-2)12-23(17)35(32,33)27-22-13-20(30-15-26-28-29-30)9-10-21(22)18-6-4-5-16(11-18)14-25/h4-13,15,27H,3H2,1-2H3. The number of ether oxygens (including phenoxy) is 1. The molecule has 0 amide bonds. The van der Waals surface area contributed by atoms with Crippen LogP contribution in [0.3, 0.4) is 0 Å². The third-order valence-corrected chi connectivity index (χ3v) is 6.77. The van der Waals surface area contributed by atoms with E-state index >= 15 is 0 Å². The molecule has 1 N–H and O–H groups in total. The summed E-state index contributed by atoms with van der Waals surface area (Å²) in [5.74, 6) is -0.640. The number of nitrogens with zero attached hydrogens (tertiary/aromatic N) is 5. The molecule has 3 aromatic carbocycles. The molecule has 0 bridgehead atoms. The van der Waals surface area contributed by atoms with Gasteiger partial charge >= 0.3 is 5.97 Å². The Kier molecular flexibility index (Phi) is 6.57. The van der Waals surface area contributed by atoms with E-state index in [1.54, 1.807) is 48.5 Å². The van der Waals surface area contributed by atoms with Crippen LogP contribution in [0.4, 0.5) is 5.69 Å². The number of rotatable bonds is 7. The molecule has 176 valence electrons. The Morgan fingerprint density at radius 2 is 1.97 bits per heavy atom. The summed E-state index contributed by atoms with van der Waals surface area (Å²) in [5.41, 5.74) is 3.04. The molecule has 0 unspecified atom stereocenters. The zero-order valence-electron chi connectivity index (χ0n) is 18.8. The Hall–Kier alpha value is -4.56. The van der Waals surface area contributed by atoms with E-state index in [-0.39, 0.29) is 16.1 Å². The van der Waals surface area contributed by atoms with Gasteiger partial charge < -0.3 is 4.74 Å². The second-order valence-corrected chi connectivity index (χ2v) is 9.10. The van der Waals surface area contributed by atoms with Crippen LogP contribution >= 0.6 is 0 Å². The van der Waals surface area contributed by atoms with Gasteiger partial charge in [-0.05, 0) is 64.4 Å². The van der Waals surface area contributed by atoms with Crippen molar-refractivity contribution in [2.75, 3.05) is 11.8 Å². The average molecular weight is 489 g/mol. The van der Waals surface area contributed by atoms with Crippen LogP contribution < -0.4 is 4.72 Å². The van der Waals surface area contributed by atoms with Crippen LogP contribution in [0.15, 0.2) is 71.9 Å². The highest BCUT2D eigenvalue weighted by Gasteiger charge is 2.23. The zero-order valence-corrected chi connectivity index (χ0v) is 19.7. The van der Waals surface area contributed by atoms with E-state index in [1.165, 1.54) is 30.3 Å². The highest BCUT2D eigenvalue weighted by molar-refractivity contribution is 7.92. The van der Waals surface area contributed by atoms with Gasteiger partial charge in [0.2, 0.25) is 0 Å². The van der Waals surface area contributed by atoms with Crippen LogP contribution in [0.25, 0.3) is 16.8 Å². The van der Waals surface area contributed by atoms with Crippen molar-refractivity contribution in [1.29, 1.82) is 5.26 Å². The first-order valence-corrected chi connectivity index (χ1v) is 12.0. The summed E-state index contributed by atoms with van der Waals surface area (Å²) in [6.07, 6.45) is 1.82. The number of carbonyl (C=O) groups excluding carboxylic acids is 1. The lowest BCUT2D eigenvalue weighted by molar-refractivity contribution is 0.0600. The van der Waals surface area contributed by atoms with Crippen LogP contribution in [-0.4, -0.2) is 41.7 Å². The van der Waals surface area contributed by atoms with E-state index < -0.39 is 16.0 Å². The Morgan fingerprint density at radius 3 is 2.66 bits per heavy atom. The van der Waals surface area contributed by atoms with Gasteiger partial charge in [-0.2, -0.15) is 5.26 Å². The second-order valence-electron chi connectivity index (χ2n) is 7.45. The molecule has 0 aliphatic carbocycles. The number of sulfonamides is 1. The van der Waals surface area contributed by atoms with Gasteiger partial charge in [0.05, 0.1) is 40.6 Å². The number of benzene rings is 3. The third-order valence-electron chi connectivity index (χ3n) is 5.32. The fraction of sp³-hybridized carbons (Fsp3) is 0.125. The summed E-state index contributed by atoms with van der Waals surface area (Å²) in [6, 6.07) is 18.4. The number of esters is 1. The summed E-state index contributed by atoms with van der Waals surface area (Å²) in [6.45, 7) is 1.82. The van der Waals surface area contributed by atoms with Gasteiger partial charge in [-0.25, -0.2) is 17.9 Å². The normalized spacial score (nSPS) is 11.0. The van der Waals surface area contributed by atoms with E-state index in [0.717, 1.165) is 0 Å². The van der Waals surface area contributed by atoms with Gasteiger partial charge in [-0.15, -0.1) is 5.10 Å². The summed E-state index contributed by atoms with van der Waals surface area (Å²) in [4.78, 5) is 12.0. The Balaban J connectivity index is 1.86. The molecule has 11 heteroatoms. The van der Waals surface area contributed by atoms with Crippen LogP contribution in [0.5, 0.6) is 0 Å². The number of nitrogens with one attached hydrogen (secondary N) is 1. The summed E-state index contributed by atoms with van der Waals surface area (Å²) in [5, 5.41) is 20.4. The highest BCUT2D eigenvalue weighted by Crippen LogP contribution is 2.33. The minimum Gasteiger partial charge on any atom is -0.465 e. The zero-order chi connectivity index (χ0) is 25.0. The molecule has 0 atom stereocenters. The molecule has 0 aliphatic heterocycles. The van der Waals surface area contributed by atoms with Gasteiger partial charge in [0.1, 0.15) is 6.33 Å².